The van der Waals surface area contributed by atoms with E-state index in [4.69, 9.17) is 0 Å². The summed E-state index contributed by atoms with van der Waals surface area (Å²) in [6.07, 6.45) is 4.54. The van der Waals surface area contributed by atoms with Gasteiger partial charge < -0.3 is 10.4 Å². The molecule has 2 N–H and O–H groups in total. The van der Waals surface area contributed by atoms with E-state index in [1.54, 1.807) is 17.8 Å². The Morgan fingerprint density at radius 3 is 2.62 bits per heavy atom. The Kier molecular flexibility index (Phi) is 5.07. The summed E-state index contributed by atoms with van der Waals surface area (Å²) >= 11 is 1.55. The van der Waals surface area contributed by atoms with Gasteiger partial charge in [0.1, 0.15) is 5.54 Å². The Balaban J connectivity index is 2.00. The first-order valence-electron chi connectivity index (χ1n) is 6.96. The van der Waals surface area contributed by atoms with Crippen LogP contribution in [-0.4, -0.2) is 34.0 Å². The Morgan fingerprint density at radius 1 is 1.38 bits per heavy atom. The molecule has 1 amide bonds. The number of thioether (sulfide) groups is 1. The first-order chi connectivity index (χ1) is 10.1. The number of carboxylic acids is 1. The number of rotatable bonds is 5. The van der Waals surface area contributed by atoms with E-state index >= 15 is 0 Å². The minimum atomic E-state index is -1.11. The molecular formula is C16H19NO3S. The summed E-state index contributed by atoms with van der Waals surface area (Å²) in [4.78, 5) is 23.3. The van der Waals surface area contributed by atoms with E-state index < -0.39 is 11.5 Å². The highest BCUT2D eigenvalue weighted by Gasteiger charge is 2.42. The second-order valence-corrected chi connectivity index (χ2v) is 6.21. The number of aliphatic carboxylic acids is 1. The minimum absolute atomic E-state index is 0.362. The number of benzene rings is 1. The summed E-state index contributed by atoms with van der Waals surface area (Å²) < 4.78 is 0. The molecular weight excluding hydrogens is 286 g/mol. The van der Waals surface area contributed by atoms with Gasteiger partial charge in [0.05, 0.1) is 0 Å². The third kappa shape index (κ3) is 3.88. The van der Waals surface area contributed by atoms with Gasteiger partial charge in [0, 0.05) is 11.8 Å². The molecule has 1 heterocycles. The van der Waals surface area contributed by atoms with Crippen molar-refractivity contribution in [3.05, 3.63) is 41.5 Å². The molecule has 0 saturated carbocycles. The van der Waals surface area contributed by atoms with Crippen molar-refractivity contribution in [2.45, 2.75) is 25.3 Å². The van der Waals surface area contributed by atoms with Crippen molar-refractivity contribution in [2.75, 3.05) is 11.5 Å². The maximum Gasteiger partial charge on any atom is 0.330 e. The number of carbonyl (C=O) groups excluding carboxylic acids is 1. The summed E-state index contributed by atoms with van der Waals surface area (Å²) in [6.45, 7) is 2.09. The van der Waals surface area contributed by atoms with Crippen molar-refractivity contribution in [3.63, 3.8) is 0 Å². The molecule has 1 aromatic carbocycles. The van der Waals surface area contributed by atoms with Gasteiger partial charge in [-0.2, -0.15) is 11.8 Å². The number of carbonyl (C=O) groups is 2. The quantitative estimate of drug-likeness (QED) is 0.820. The summed E-state index contributed by atoms with van der Waals surface area (Å²) in [5.74, 6) is -0.136. The molecule has 21 heavy (non-hydrogen) atoms. The van der Waals surface area contributed by atoms with Gasteiger partial charge in [-0.1, -0.05) is 31.2 Å². The van der Waals surface area contributed by atoms with E-state index in [2.05, 4.69) is 12.2 Å². The fourth-order valence-corrected chi connectivity index (χ4v) is 3.53. The molecule has 2 rings (SSSR count). The Morgan fingerprint density at radius 2 is 2.10 bits per heavy atom. The van der Waals surface area contributed by atoms with Crippen molar-refractivity contribution < 1.29 is 14.7 Å². The van der Waals surface area contributed by atoms with Gasteiger partial charge in [0.15, 0.2) is 0 Å². The summed E-state index contributed by atoms with van der Waals surface area (Å²) in [6, 6.07) is 7.93. The summed E-state index contributed by atoms with van der Waals surface area (Å²) in [5, 5.41) is 11.9. The molecule has 0 aromatic heterocycles. The van der Waals surface area contributed by atoms with Crippen LogP contribution in [-0.2, 0) is 16.0 Å². The minimum Gasteiger partial charge on any atom is -0.479 e. The van der Waals surface area contributed by atoms with Crippen LogP contribution in [0.5, 0.6) is 0 Å². The van der Waals surface area contributed by atoms with Crippen LogP contribution in [0.3, 0.4) is 0 Å². The maximum atomic E-state index is 11.9. The van der Waals surface area contributed by atoms with E-state index in [1.165, 1.54) is 11.6 Å². The molecule has 1 saturated heterocycles. The first-order valence-corrected chi connectivity index (χ1v) is 8.11. The lowest BCUT2D eigenvalue weighted by Gasteiger charge is -2.23. The zero-order valence-corrected chi connectivity index (χ0v) is 12.8. The molecule has 5 heteroatoms. The molecule has 112 valence electrons. The molecule has 4 nitrogen and oxygen atoms in total. The monoisotopic (exact) mass is 305 g/mol. The predicted octanol–water partition coefficient (Wildman–Crippen LogP) is 2.34. The zero-order chi connectivity index (χ0) is 15.3. The highest BCUT2D eigenvalue weighted by atomic mass is 32.2. The number of hydrogen-bond donors (Lipinski definition) is 2. The molecule has 1 aliphatic rings. The fourth-order valence-electron chi connectivity index (χ4n) is 2.20. The molecule has 1 atom stereocenters. The van der Waals surface area contributed by atoms with Crippen molar-refractivity contribution in [1.82, 2.24) is 5.32 Å². The van der Waals surface area contributed by atoms with Crippen molar-refractivity contribution in [3.8, 4) is 0 Å². The molecule has 1 fully saturated rings. The SMILES string of the molecule is CCc1ccc(C=CC(=O)NC2(C(=O)O)CCSC2)cc1. The highest BCUT2D eigenvalue weighted by molar-refractivity contribution is 7.99. The van der Waals surface area contributed by atoms with E-state index in [0.29, 0.717) is 12.2 Å². The van der Waals surface area contributed by atoms with Gasteiger partial charge in [-0.25, -0.2) is 4.79 Å². The highest BCUT2D eigenvalue weighted by Crippen LogP contribution is 2.28. The first kappa shape index (κ1) is 15.6. The second-order valence-electron chi connectivity index (χ2n) is 5.11. The topological polar surface area (TPSA) is 66.4 Å². The lowest BCUT2D eigenvalue weighted by atomic mass is 9.99. The van der Waals surface area contributed by atoms with Crippen LogP contribution in [0.4, 0.5) is 0 Å². The van der Waals surface area contributed by atoms with Crippen molar-refractivity contribution in [2.24, 2.45) is 0 Å². The predicted molar refractivity (Wildman–Crippen MR) is 85.3 cm³/mol. The van der Waals surface area contributed by atoms with Gasteiger partial charge in [-0.15, -0.1) is 0 Å². The largest absolute Gasteiger partial charge is 0.479 e. The van der Waals surface area contributed by atoms with Crippen LogP contribution in [0.15, 0.2) is 30.3 Å². The number of amides is 1. The van der Waals surface area contributed by atoms with Crippen LogP contribution in [0.25, 0.3) is 6.08 Å². The third-order valence-electron chi connectivity index (χ3n) is 3.61. The normalized spacial score (nSPS) is 21.6. The average Bonchev–Trinajstić information content (AvgIpc) is 2.95. The summed E-state index contributed by atoms with van der Waals surface area (Å²) in [5.41, 5.74) is 1.05. The average molecular weight is 305 g/mol. The lowest BCUT2D eigenvalue weighted by molar-refractivity contribution is -0.145. The van der Waals surface area contributed by atoms with Crippen LogP contribution in [0.1, 0.15) is 24.5 Å². The molecule has 1 unspecified atom stereocenters. The Labute approximate surface area is 128 Å². The molecule has 0 bridgehead atoms. The van der Waals surface area contributed by atoms with Gasteiger partial charge >= 0.3 is 5.97 Å². The maximum absolute atomic E-state index is 11.9. The van der Waals surface area contributed by atoms with E-state index in [1.807, 2.05) is 24.3 Å². The number of hydrogen-bond acceptors (Lipinski definition) is 3. The second kappa shape index (κ2) is 6.80. The van der Waals surface area contributed by atoms with Crippen LogP contribution >= 0.6 is 11.8 Å². The van der Waals surface area contributed by atoms with E-state index in [0.717, 1.165) is 17.7 Å². The van der Waals surface area contributed by atoms with Crippen molar-refractivity contribution >= 4 is 29.7 Å². The van der Waals surface area contributed by atoms with E-state index in [-0.39, 0.29) is 5.91 Å². The van der Waals surface area contributed by atoms with E-state index in [9.17, 15) is 14.7 Å². The zero-order valence-electron chi connectivity index (χ0n) is 12.0. The number of aryl methyl sites for hydroxylation is 1. The van der Waals surface area contributed by atoms with Gasteiger partial charge in [-0.3, -0.25) is 4.79 Å². The smallest absolute Gasteiger partial charge is 0.330 e. The fraction of sp³-hybridized carbons (Fsp3) is 0.375. The van der Waals surface area contributed by atoms with Gasteiger partial charge in [0.2, 0.25) is 5.91 Å². The Hall–Kier alpha value is -1.75. The molecule has 0 aliphatic carbocycles. The third-order valence-corrected chi connectivity index (χ3v) is 4.80. The number of carboxylic acid groups (broad SMARTS) is 1. The molecule has 0 spiro atoms. The van der Waals surface area contributed by atoms with Crippen LogP contribution < -0.4 is 5.32 Å². The molecule has 1 aliphatic heterocycles. The standard InChI is InChI=1S/C16H19NO3S/c1-2-12-3-5-13(6-4-12)7-8-14(18)17-16(15(19)20)9-10-21-11-16/h3-8H,2,9-11H2,1H3,(H,17,18)(H,19,20). The van der Waals surface area contributed by atoms with Gasteiger partial charge in [-0.05, 0) is 35.8 Å². The Bertz CT molecular complexity index is 545. The summed E-state index contributed by atoms with van der Waals surface area (Å²) in [7, 11) is 0. The van der Waals surface area contributed by atoms with Crippen LogP contribution in [0, 0.1) is 0 Å². The van der Waals surface area contributed by atoms with Gasteiger partial charge in [0.25, 0.3) is 0 Å². The number of nitrogens with one attached hydrogen (secondary N) is 1. The lowest BCUT2D eigenvalue weighted by Crippen LogP contribution is -2.54. The van der Waals surface area contributed by atoms with Crippen molar-refractivity contribution in [1.29, 1.82) is 0 Å². The molecule has 0 radical (unpaired) electrons. The molecule has 1 aromatic rings. The van der Waals surface area contributed by atoms with Crippen LogP contribution in [0.2, 0.25) is 0 Å².